The molecule has 0 amide bonds. The number of carbonyl (C=O) groups is 1. The molecule has 1 aromatic heterocycles. The van der Waals surface area contributed by atoms with Crippen molar-refractivity contribution in [1.29, 1.82) is 0 Å². The second-order valence-electron chi connectivity index (χ2n) is 6.92. The van der Waals surface area contributed by atoms with E-state index < -0.39 is 5.97 Å². The number of nitrogens with zero attached hydrogens (tertiary/aromatic N) is 3. The largest absolute Gasteiger partial charge is 0.478 e. The van der Waals surface area contributed by atoms with Crippen molar-refractivity contribution in [3.8, 4) is 0 Å². The third-order valence-corrected chi connectivity index (χ3v) is 5.51. The van der Waals surface area contributed by atoms with E-state index in [1.165, 1.54) is 0 Å². The summed E-state index contributed by atoms with van der Waals surface area (Å²) in [5.41, 5.74) is 1.60. The van der Waals surface area contributed by atoms with Crippen molar-refractivity contribution < 1.29 is 19.7 Å². The van der Waals surface area contributed by atoms with Crippen molar-refractivity contribution in [3.05, 3.63) is 23.8 Å². The van der Waals surface area contributed by atoms with Crippen LogP contribution in [0.2, 0.25) is 0 Å². The number of anilines is 1. The number of aromatic carboxylic acids is 1. The van der Waals surface area contributed by atoms with Gasteiger partial charge in [0.05, 0.1) is 29.8 Å². The number of aromatic nitrogens is 2. The molecule has 0 radical (unpaired) electrons. The molecule has 1 aromatic carbocycles. The van der Waals surface area contributed by atoms with E-state index in [0.717, 1.165) is 31.0 Å². The molecule has 2 aliphatic rings. The van der Waals surface area contributed by atoms with Gasteiger partial charge in [0.2, 0.25) is 5.95 Å². The Hall–Kier alpha value is -2.12. The van der Waals surface area contributed by atoms with Gasteiger partial charge >= 0.3 is 5.97 Å². The molecule has 0 spiro atoms. The molecule has 0 aliphatic carbocycles. The number of carboxylic acids is 1. The maximum atomic E-state index is 11.2. The molecule has 7 nitrogen and oxygen atoms in total. The molecular weight excluding hydrogens is 310 g/mol. The third-order valence-electron chi connectivity index (χ3n) is 5.51. The second kappa shape index (κ2) is 5.46. The first-order valence-corrected chi connectivity index (χ1v) is 8.17. The van der Waals surface area contributed by atoms with Gasteiger partial charge in [-0.1, -0.05) is 0 Å². The molecule has 3 heterocycles. The average molecular weight is 331 g/mol. The topological polar surface area (TPSA) is 87.8 Å². The minimum Gasteiger partial charge on any atom is -0.478 e. The zero-order chi connectivity index (χ0) is 16.9. The number of fused-ring (bicyclic) bond motifs is 2. The summed E-state index contributed by atoms with van der Waals surface area (Å²) in [5, 5.41) is 19.1. The van der Waals surface area contributed by atoms with Crippen LogP contribution < -0.4 is 4.90 Å². The first kappa shape index (κ1) is 15.4. The molecule has 2 N–H and O–H groups in total. The smallest absolute Gasteiger partial charge is 0.335 e. The van der Waals surface area contributed by atoms with Gasteiger partial charge < -0.3 is 24.4 Å². The molecule has 2 aromatic rings. The lowest BCUT2D eigenvalue weighted by atomic mass is 9.76. The number of hydrogen-bond acceptors (Lipinski definition) is 5. The second-order valence-corrected chi connectivity index (χ2v) is 6.92. The fraction of sp³-hybridized carbons (Fsp3) is 0.529. The highest BCUT2D eigenvalue weighted by molar-refractivity contribution is 5.93. The van der Waals surface area contributed by atoms with Gasteiger partial charge in [-0.3, -0.25) is 0 Å². The highest BCUT2D eigenvalue weighted by atomic mass is 16.5. The van der Waals surface area contributed by atoms with Crippen LogP contribution in [-0.4, -0.2) is 58.6 Å². The number of aliphatic hydroxyl groups excluding tert-OH is 1. The molecule has 128 valence electrons. The van der Waals surface area contributed by atoms with Gasteiger partial charge in [-0.25, -0.2) is 9.78 Å². The van der Waals surface area contributed by atoms with Crippen molar-refractivity contribution >= 4 is 23.0 Å². The van der Waals surface area contributed by atoms with Crippen molar-refractivity contribution in [2.75, 3.05) is 37.8 Å². The quantitative estimate of drug-likeness (QED) is 0.876. The normalized spacial score (nSPS) is 26.8. The number of aliphatic hydroxyl groups is 1. The average Bonchev–Trinajstić information content (AvgIpc) is 3.13. The van der Waals surface area contributed by atoms with Crippen molar-refractivity contribution in [2.45, 2.75) is 6.42 Å². The van der Waals surface area contributed by atoms with Gasteiger partial charge in [-0.15, -0.1) is 0 Å². The van der Waals surface area contributed by atoms with Gasteiger partial charge in [0.15, 0.2) is 0 Å². The summed E-state index contributed by atoms with van der Waals surface area (Å²) in [5.74, 6) is 0.257. The number of aryl methyl sites for hydroxylation is 1. The van der Waals surface area contributed by atoms with Gasteiger partial charge in [0.25, 0.3) is 0 Å². The fourth-order valence-electron chi connectivity index (χ4n) is 4.08. The zero-order valence-electron chi connectivity index (χ0n) is 13.6. The Morgan fingerprint density at radius 1 is 1.50 bits per heavy atom. The molecule has 2 aliphatic heterocycles. The summed E-state index contributed by atoms with van der Waals surface area (Å²) < 4.78 is 7.60. The van der Waals surface area contributed by atoms with Crippen LogP contribution in [0.5, 0.6) is 0 Å². The summed E-state index contributed by atoms with van der Waals surface area (Å²) in [6.07, 6.45) is 0.949. The van der Waals surface area contributed by atoms with Crippen molar-refractivity contribution in [1.82, 2.24) is 9.55 Å². The Bertz CT molecular complexity index is 802. The van der Waals surface area contributed by atoms with E-state index in [-0.39, 0.29) is 17.6 Å². The molecule has 2 fully saturated rings. The molecular formula is C17H21N3O4. The lowest BCUT2D eigenvalue weighted by molar-refractivity contribution is -0.0543. The molecule has 2 saturated heterocycles. The monoisotopic (exact) mass is 331 g/mol. The number of ether oxygens (including phenoxy) is 1. The maximum absolute atomic E-state index is 11.2. The predicted octanol–water partition coefficient (Wildman–Crippen LogP) is 1.11. The zero-order valence-corrected chi connectivity index (χ0v) is 13.6. The van der Waals surface area contributed by atoms with E-state index in [9.17, 15) is 9.90 Å². The van der Waals surface area contributed by atoms with Crippen LogP contribution in [0, 0.1) is 11.3 Å². The van der Waals surface area contributed by atoms with Crippen molar-refractivity contribution in [2.24, 2.45) is 18.4 Å². The molecule has 7 heteroatoms. The van der Waals surface area contributed by atoms with E-state index in [4.69, 9.17) is 9.84 Å². The van der Waals surface area contributed by atoms with Crippen LogP contribution in [0.25, 0.3) is 11.0 Å². The first-order chi connectivity index (χ1) is 11.5. The summed E-state index contributed by atoms with van der Waals surface area (Å²) in [4.78, 5) is 18.0. The van der Waals surface area contributed by atoms with Crippen LogP contribution in [0.15, 0.2) is 18.2 Å². The number of hydrogen-bond donors (Lipinski definition) is 2. The van der Waals surface area contributed by atoms with Crippen LogP contribution in [-0.2, 0) is 11.8 Å². The van der Waals surface area contributed by atoms with E-state index in [1.54, 1.807) is 18.2 Å². The van der Waals surface area contributed by atoms with Gasteiger partial charge in [-0.05, 0) is 30.5 Å². The fourth-order valence-corrected chi connectivity index (χ4v) is 4.08. The summed E-state index contributed by atoms with van der Waals surface area (Å²) in [6.45, 7) is 2.98. The number of rotatable bonds is 3. The molecule has 24 heavy (non-hydrogen) atoms. The van der Waals surface area contributed by atoms with Crippen LogP contribution in [0.1, 0.15) is 16.8 Å². The van der Waals surface area contributed by atoms with Crippen LogP contribution >= 0.6 is 0 Å². The van der Waals surface area contributed by atoms with Gasteiger partial charge in [0, 0.05) is 32.2 Å². The predicted molar refractivity (Wildman–Crippen MR) is 88.3 cm³/mol. The van der Waals surface area contributed by atoms with Gasteiger partial charge in [0.1, 0.15) is 0 Å². The molecule has 2 atom stereocenters. The lowest BCUT2D eigenvalue weighted by Gasteiger charge is -2.36. The Morgan fingerprint density at radius 2 is 2.33 bits per heavy atom. The van der Waals surface area contributed by atoms with E-state index >= 15 is 0 Å². The Labute approximate surface area is 139 Å². The van der Waals surface area contributed by atoms with E-state index in [0.29, 0.717) is 24.6 Å². The Balaban J connectivity index is 1.72. The van der Waals surface area contributed by atoms with Crippen LogP contribution in [0.4, 0.5) is 5.95 Å². The molecule has 0 bridgehead atoms. The standard InChI is InChI=1S/C17H21N3O4/c1-19-14-3-2-11(15(22)23)6-13(14)18-16(19)20-7-12-4-5-24-10-17(12,8-20)9-21/h2-3,6,12,21H,4-5,7-10H2,1H3,(H,22,23)/t12-,17+/m0/s1. The highest BCUT2D eigenvalue weighted by Crippen LogP contribution is 2.42. The lowest BCUT2D eigenvalue weighted by Crippen LogP contribution is -2.43. The minimum absolute atomic E-state index is 0.112. The number of imidazole rings is 1. The maximum Gasteiger partial charge on any atom is 0.335 e. The summed E-state index contributed by atoms with van der Waals surface area (Å²) >= 11 is 0. The Morgan fingerprint density at radius 3 is 3.04 bits per heavy atom. The van der Waals surface area contributed by atoms with Crippen LogP contribution in [0.3, 0.4) is 0 Å². The van der Waals surface area contributed by atoms with E-state index in [1.807, 2.05) is 11.6 Å². The highest BCUT2D eigenvalue weighted by Gasteiger charge is 2.49. The SMILES string of the molecule is Cn1c(N2C[C@@H]3CCOC[C@]3(CO)C2)nc2cc(C(=O)O)ccc21. The van der Waals surface area contributed by atoms with Crippen molar-refractivity contribution in [3.63, 3.8) is 0 Å². The van der Waals surface area contributed by atoms with Gasteiger partial charge in [-0.2, -0.15) is 0 Å². The summed E-state index contributed by atoms with van der Waals surface area (Å²) in [6, 6.07) is 5.00. The molecule has 4 rings (SSSR count). The van der Waals surface area contributed by atoms with E-state index in [2.05, 4.69) is 9.88 Å². The molecule has 0 saturated carbocycles. The number of carboxylic acid groups (broad SMARTS) is 1. The minimum atomic E-state index is -0.951. The Kier molecular flexibility index (Phi) is 3.51. The molecule has 0 unspecified atom stereocenters. The first-order valence-electron chi connectivity index (χ1n) is 8.17. The third kappa shape index (κ3) is 2.19. The summed E-state index contributed by atoms with van der Waals surface area (Å²) in [7, 11) is 1.94. The number of benzene rings is 1.